The molecule has 0 aromatic heterocycles. The zero-order valence-corrected chi connectivity index (χ0v) is 10.6. The van der Waals surface area contributed by atoms with Crippen LogP contribution in [0.25, 0.3) is 0 Å². The number of anilines is 2. The van der Waals surface area contributed by atoms with Crippen LogP contribution in [0.4, 0.5) is 28.9 Å². The van der Waals surface area contributed by atoms with Gasteiger partial charge in [0.2, 0.25) is 5.91 Å². The molecule has 0 aliphatic rings. The summed E-state index contributed by atoms with van der Waals surface area (Å²) in [6.45, 7) is -0.567. The van der Waals surface area contributed by atoms with Gasteiger partial charge >= 0.3 is 12.3 Å². The minimum absolute atomic E-state index is 0.438. The van der Waals surface area contributed by atoms with Crippen LogP contribution in [0, 0.1) is 6.92 Å². The summed E-state index contributed by atoms with van der Waals surface area (Å²) in [4.78, 5) is 11.4. The number of rotatable bonds is 6. The molecule has 0 fully saturated rings. The number of ether oxygens (including phenoxy) is 1. The number of hydrogen-bond donors (Lipinski definition) is 2. The third-order valence-electron chi connectivity index (χ3n) is 2.37. The van der Waals surface area contributed by atoms with Gasteiger partial charge < -0.3 is 15.8 Å². The second-order valence-electron chi connectivity index (χ2n) is 4.18. The molecular weight excluding hydrogens is 280 g/mol. The van der Waals surface area contributed by atoms with Crippen LogP contribution >= 0.6 is 0 Å². The zero-order chi connectivity index (χ0) is 15.3. The summed E-state index contributed by atoms with van der Waals surface area (Å²) < 4.78 is 53.0. The first kappa shape index (κ1) is 16.2. The highest BCUT2D eigenvalue weighted by Crippen LogP contribution is 2.23. The molecule has 1 amide bonds. The van der Waals surface area contributed by atoms with E-state index in [4.69, 9.17) is 5.73 Å². The largest absolute Gasteiger partial charge is 0.399 e. The van der Waals surface area contributed by atoms with Gasteiger partial charge in [-0.2, -0.15) is 8.78 Å². The molecule has 0 saturated heterocycles. The molecule has 1 aromatic rings. The first-order chi connectivity index (χ1) is 9.22. The maximum absolute atomic E-state index is 12.5. The molecule has 20 heavy (non-hydrogen) atoms. The van der Waals surface area contributed by atoms with Crippen LogP contribution < -0.4 is 11.1 Å². The molecule has 0 radical (unpaired) electrons. The Morgan fingerprint density at radius 3 is 2.65 bits per heavy atom. The Balaban J connectivity index is 2.45. The summed E-state index contributed by atoms with van der Waals surface area (Å²) in [7, 11) is 0. The molecule has 8 heteroatoms. The molecule has 0 spiro atoms. The molecule has 0 unspecified atom stereocenters. The lowest BCUT2D eigenvalue weighted by Crippen LogP contribution is -2.34. The van der Waals surface area contributed by atoms with Crippen molar-refractivity contribution < 1.29 is 27.1 Å². The summed E-state index contributed by atoms with van der Waals surface area (Å²) >= 11 is 0. The van der Waals surface area contributed by atoms with Crippen LogP contribution in [-0.2, 0) is 9.53 Å². The first-order valence-electron chi connectivity index (χ1n) is 5.62. The van der Waals surface area contributed by atoms with E-state index in [1.54, 1.807) is 19.1 Å². The lowest BCUT2D eigenvalue weighted by atomic mass is 10.2. The molecule has 0 atom stereocenters. The number of carbonyl (C=O) groups is 1. The van der Waals surface area contributed by atoms with Gasteiger partial charge in [-0.1, -0.05) is 0 Å². The fraction of sp³-hybridized carbons (Fsp3) is 0.417. The van der Waals surface area contributed by atoms with E-state index in [1.165, 1.54) is 6.07 Å². The summed E-state index contributed by atoms with van der Waals surface area (Å²) in [5, 5.41) is 2.40. The van der Waals surface area contributed by atoms with Gasteiger partial charge in [-0.05, 0) is 30.7 Å². The number of alkyl halides is 4. The molecule has 0 bridgehead atoms. The average Bonchev–Trinajstić information content (AvgIpc) is 2.32. The molecule has 3 N–H and O–H groups in total. The van der Waals surface area contributed by atoms with Crippen molar-refractivity contribution in [3.05, 3.63) is 23.8 Å². The summed E-state index contributed by atoms with van der Waals surface area (Å²) in [5.41, 5.74) is 7.15. The quantitative estimate of drug-likeness (QED) is 0.625. The number of halogens is 4. The highest BCUT2D eigenvalue weighted by Gasteiger charge is 2.41. The minimum atomic E-state index is -4.27. The first-order valence-corrected chi connectivity index (χ1v) is 5.62. The van der Waals surface area contributed by atoms with Gasteiger partial charge in [0.1, 0.15) is 13.2 Å². The number of nitrogens with one attached hydrogen (secondary N) is 1. The Hall–Kier alpha value is -1.83. The second-order valence-corrected chi connectivity index (χ2v) is 4.18. The number of amides is 1. The summed E-state index contributed by atoms with van der Waals surface area (Å²) in [5.74, 6) is -4.99. The maximum atomic E-state index is 12.5. The number of carbonyl (C=O) groups excluding carboxylic acids is 1. The predicted octanol–water partition coefficient (Wildman–Crippen LogP) is 2.43. The molecule has 0 aliphatic heterocycles. The minimum Gasteiger partial charge on any atom is -0.399 e. The predicted molar refractivity (Wildman–Crippen MR) is 66.0 cm³/mol. The van der Waals surface area contributed by atoms with Gasteiger partial charge in [0.15, 0.2) is 0 Å². The number of benzene rings is 1. The highest BCUT2D eigenvalue weighted by atomic mass is 19.3. The van der Waals surface area contributed by atoms with Crippen molar-refractivity contribution in [2.24, 2.45) is 0 Å². The maximum Gasteiger partial charge on any atom is 0.330 e. The average molecular weight is 294 g/mol. The van der Waals surface area contributed by atoms with Gasteiger partial charge in [0.05, 0.1) is 0 Å². The fourth-order valence-electron chi connectivity index (χ4n) is 1.36. The lowest BCUT2D eigenvalue weighted by molar-refractivity contribution is -0.167. The molecule has 0 aliphatic carbocycles. The molecule has 0 heterocycles. The van der Waals surface area contributed by atoms with Gasteiger partial charge in [0, 0.05) is 11.4 Å². The van der Waals surface area contributed by atoms with Crippen molar-refractivity contribution in [1.29, 1.82) is 0 Å². The smallest absolute Gasteiger partial charge is 0.330 e. The second kappa shape index (κ2) is 6.56. The number of aryl methyl sites for hydroxylation is 1. The Kier molecular flexibility index (Phi) is 5.32. The van der Waals surface area contributed by atoms with Crippen molar-refractivity contribution in [1.82, 2.24) is 0 Å². The van der Waals surface area contributed by atoms with Crippen LogP contribution in [0.2, 0.25) is 0 Å². The van der Waals surface area contributed by atoms with Crippen LogP contribution in [-0.4, -0.2) is 31.5 Å². The third-order valence-corrected chi connectivity index (χ3v) is 2.37. The SMILES string of the molecule is Cc1cc(N)ccc1NC(=O)COCC(F)(F)C(F)F. The Morgan fingerprint density at radius 1 is 1.45 bits per heavy atom. The molecule has 1 rings (SSSR count). The molecule has 4 nitrogen and oxygen atoms in total. The van der Waals surface area contributed by atoms with E-state index >= 15 is 0 Å². The standard InChI is InChI=1S/C12H14F4N2O2/c1-7-4-8(17)2-3-9(7)18-10(19)5-20-6-12(15,16)11(13)14/h2-4,11H,5-6,17H2,1H3,(H,18,19). The topological polar surface area (TPSA) is 64.3 Å². The van der Waals surface area contributed by atoms with Gasteiger partial charge in [-0.15, -0.1) is 0 Å². The molecule has 1 aromatic carbocycles. The normalized spacial score (nSPS) is 11.7. The van der Waals surface area contributed by atoms with E-state index in [1.807, 2.05) is 0 Å². The lowest BCUT2D eigenvalue weighted by Gasteiger charge is -2.15. The zero-order valence-electron chi connectivity index (χ0n) is 10.6. The Morgan fingerprint density at radius 2 is 2.10 bits per heavy atom. The van der Waals surface area contributed by atoms with Crippen molar-refractivity contribution in [3.8, 4) is 0 Å². The third kappa shape index (κ3) is 4.69. The van der Waals surface area contributed by atoms with Crippen LogP contribution in [0.5, 0.6) is 0 Å². The van der Waals surface area contributed by atoms with Gasteiger partial charge in [-0.25, -0.2) is 8.78 Å². The van der Waals surface area contributed by atoms with Gasteiger partial charge in [-0.3, -0.25) is 4.79 Å². The Bertz CT molecular complexity index is 481. The van der Waals surface area contributed by atoms with E-state index in [2.05, 4.69) is 10.1 Å². The summed E-state index contributed by atoms with van der Waals surface area (Å²) in [6.07, 6.45) is -3.83. The van der Waals surface area contributed by atoms with Crippen molar-refractivity contribution in [3.63, 3.8) is 0 Å². The van der Waals surface area contributed by atoms with E-state index in [-0.39, 0.29) is 0 Å². The number of nitrogen functional groups attached to an aromatic ring is 1. The van der Waals surface area contributed by atoms with Gasteiger partial charge in [0.25, 0.3) is 0 Å². The van der Waals surface area contributed by atoms with Crippen molar-refractivity contribution in [2.45, 2.75) is 19.3 Å². The van der Waals surface area contributed by atoms with E-state index < -0.39 is 31.5 Å². The number of nitrogens with two attached hydrogens (primary N) is 1. The number of hydrogen-bond acceptors (Lipinski definition) is 3. The van der Waals surface area contributed by atoms with Crippen molar-refractivity contribution >= 4 is 17.3 Å². The van der Waals surface area contributed by atoms with Crippen LogP contribution in [0.1, 0.15) is 5.56 Å². The monoisotopic (exact) mass is 294 g/mol. The van der Waals surface area contributed by atoms with E-state index in [9.17, 15) is 22.4 Å². The summed E-state index contributed by atoms with van der Waals surface area (Å²) in [6, 6.07) is 4.70. The Labute approximate surface area is 112 Å². The molecule has 112 valence electrons. The molecular formula is C12H14F4N2O2. The van der Waals surface area contributed by atoms with E-state index in [0.717, 1.165) is 0 Å². The van der Waals surface area contributed by atoms with E-state index in [0.29, 0.717) is 16.9 Å². The molecule has 0 saturated carbocycles. The van der Waals surface area contributed by atoms with Crippen LogP contribution in [0.15, 0.2) is 18.2 Å². The fourth-order valence-corrected chi connectivity index (χ4v) is 1.36. The highest BCUT2D eigenvalue weighted by molar-refractivity contribution is 5.92. The van der Waals surface area contributed by atoms with Crippen LogP contribution in [0.3, 0.4) is 0 Å². The van der Waals surface area contributed by atoms with Crippen molar-refractivity contribution in [2.75, 3.05) is 24.3 Å².